The van der Waals surface area contributed by atoms with Gasteiger partial charge in [-0.15, -0.1) is 0 Å². The lowest BCUT2D eigenvalue weighted by Crippen LogP contribution is -2.18. The van der Waals surface area contributed by atoms with Gasteiger partial charge in [0, 0.05) is 24.8 Å². The van der Waals surface area contributed by atoms with E-state index in [0.717, 1.165) is 10.9 Å². The molecule has 4 rings (SSSR count). The summed E-state index contributed by atoms with van der Waals surface area (Å²) in [4.78, 5) is 28.7. The highest BCUT2D eigenvalue weighted by Gasteiger charge is 2.43. The molecule has 1 N–H and O–H groups in total. The number of nitrogens with zero attached hydrogens (tertiary/aromatic N) is 2. The van der Waals surface area contributed by atoms with Gasteiger partial charge in [-0.2, -0.15) is 0 Å². The lowest BCUT2D eigenvalue weighted by atomic mass is 9.99. The summed E-state index contributed by atoms with van der Waals surface area (Å²) in [7, 11) is 1.70. The van der Waals surface area contributed by atoms with Crippen LogP contribution in [-0.4, -0.2) is 21.6 Å². The van der Waals surface area contributed by atoms with Crippen LogP contribution in [0, 0.1) is 12.8 Å². The molecule has 3 aromatic rings. The number of aryl methyl sites for hydroxylation is 2. The molecule has 1 fully saturated rings. The monoisotopic (exact) mass is 385 g/mol. The van der Waals surface area contributed by atoms with Crippen molar-refractivity contribution in [3.05, 3.63) is 57.6 Å². The van der Waals surface area contributed by atoms with Crippen molar-refractivity contribution in [1.29, 1.82) is 0 Å². The largest absolute Gasteiger partial charge is 0.318 e. The van der Waals surface area contributed by atoms with E-state index in [9.17, 15) is 14.0 Å². The summed E-state index contributed by atoms with van der Waals surface area (Å²) in [5.74, 6) is -0.630. The molecule has 1 aliphatic rings. The van der Waals surface area contributed by atoms with Gasteiger partial charge >= 0.3 is 0 Å². The average Bonchev–Trinajstić information content (AvgIpc) is 3.35. The summed E-state index contributed by atoms with van der Waals surface area (Å²) in [5, 5.41) is 4.54. The molecule has 0 saturated heterocycles. The topological polar surface area (TPSA) is 64.0 Å². The zero-order valence-electron chi connectivity index (χ0n) is 14.8. The van der Waals surface area contributed by atoms with E-state index in [-0.39, 0.29) is 17.9 Å². The number of nitrogens with one attached hydrogen (secondary N) is 1. The Balaban J connectivity index is 1.79. The molecule has 2 heterocycles. The lowest BCUT2D eigenvalue weighted by molar-refractivity contribution is -0.117. The first-order chi connectivity index (χ1) is 12.8. The molecule has 1 aromatic carbocycles. The molecule has 27 heavy (non-hydrogen) atoms. The molecule has 0 radical (unpaired) electrons. The van der Waals surface area contributed by atoms with Crippen molar-refractivity contribution in [1.82, 2.24) is 9.55 Å². The van der Waals surface area contributed by atoms with Crippen LogP contribution in [0.1, 0.15) is 12.0 Å². The number of hydrogen-bond acceptors (Lipinski definition) is 3. The van der Waals surface area contributed by atoms with Crippen molar-refractivity contribution in [3.8, 4) is 11.1 Å². The van der Waals surface area contributed by atoms with Crippen molar-refractivity contribution in [2.75, 3.05) is 5.32 Å². The molecule has 1 aliphatic carbocycles. The van der Waals surface area contributed by atoms with Crippen LogP contribution in [-0.2, 0) is 11.8 Å². The number of alkyl halides is 1. The molecule has 0 aliphatic heterocycles. The standard InChI is InChI=1S/C20H17ClFN3O2/c1-10-3-4-25(2)20(27)18(10)12-5-11-7-17(23-9-14(11)15(21)6-12)24-19(26)13-8-16(13)22/h3-7,9,13,16H,8H2,1-2H3,(H,23,24,26)/t13-,16+/m1/s1. The second kappa shape index (κ2) is 6.46. The van der Waals surface area contributed by atoms with E-state index in [1.54, 1.807) is 31.6 Å². The second-order valence-electron chi connectivity index (χ2n) is 6.89. The van der Waals surface area contributed by atoms with Gasteiger partial charge in [-0.25, -0.2) is 9.37 Å². The fraction of sp³-hybridized carbons (Fsp3) is 0.250. The Morgan fingerprint density at radius 2 is 2.11 bits per heavy atom. The van der Waals surface area contributed by atoms with Crippen LogP contribution < -0.4 is 10.9 Å². The number of benzene rings is 1. The van der Waals surface area contributed by atoms with E-state index in [1.807, 2.05) is 19.1 Å². The van der Waals surface area contributed by atoms with Crippen molar-refractivity contribution >= 4 is 34.1 Å². The van der Waals surface area contributed by atoms with E-state index in [1.165, 1.54) is 4.57 Å². The number of anilines is 1. The molecule has 138 valence electrons. The first kappa shape index (κ1) is 17.7. The molecule has 7 heteroatoms. The molecule has 1 saturated carbocycles. The number of carbonyl (C=O) groups excluding carboxylic acids is 1. The Kier molecular flexibility index (Phi) is 4.23. The third-order valence-corrected chi connectivity index (χ3v) is 5.17. The Labute approximate surface area is 159 Å². The number of halogens is 2. The van der Waals surface area contributed by atoms with Crippen LogP contribution in [0.5, 0.6) is 0 Å². The van der Waals surface area contributed by atoms with Crippen LogP contribution >= 0.6 is 11.6 Å². The van der Waals surface area contributed by atoms with E-state index >= 15 is 0 Å². The van der Waals surface area contributed by atoms with Gasteiger partial charge in [-0.1, -0.05) is 11.6 Å². The first-order valence-corrected chi connectivity index (χ1v) is 8.94. The molecule has 2 aromatic heterocycles. The number of carbonyl (C=O) groups is 1. The quantitative estimate of drug-likeness (QED) is 0.744. The van der Waals surface area contributed by atoms with Crippen LogP contribution in [0.15, 0.2) is 41.5 Å². The van der Waals surface area contributed by atoms with Crippen molar-refractivity contribution in [3.63, 3.8) is 0 Å². The summed E-state index contributed by atoms with van der Waals surface area (Å²) in [6.07, 6.45) is 2.47. The Morgan fingerprint density at radius 1 is 1.37 bits per heavy atom. The van der Waals surface area contributed by atoms with Crippen LogP contribution in [0.2, 0.25) is 5.02 Å². The van der Waals surface area contributed by atoms with E-state index in [0.29, 0.717) is 27.4 Å². The smallest absolute Gasteiger partial charge is 0.258 e. The molecular formula is C20H17ClFN3O2. The lowest BCUT2D eigenvalue weighted by Gasteiger charge is -2.11. The van der Waals surface area contributed by atoms with Gasteiger partial charge in [0.25, 0.3) is 5.56 Å². The van der Waals surface area contributed by atoms with E-state index in [2.05, 4.69) is 10.3 Å². The van der Waals surface area contributed by atoms with Gasteiger partial charge in [0.2, 0.25) is 5.91 Å². The van der Waals surface area contributed by atoms with E-state index in [4.69, 9.17) is 11.6 Å². The van der Waals surface area contributed by atoms with Gasteiger partial charge < -0.3 is 9.88 Å². The van der Waals surface area contributed by atoms with Crippen LogP contribution in [0.3, 0.4) is 0 Å². The SMILES string of the molecule is Cc1ccn(C)c(=O)c1-c1cc(Cl)c2cnc(NC(=O)[C@@H]3C[C@@H]3F)cc2c1. The Bertz CT molecular complexity index is 1140. The van der Waals surface area contributed by atoms with Crippen molar-refractivity contribution < 1.29 is 9.18 Å². The Morgan fingerprint density at radius 3 is 2.81 bits per heavy atom. The van der Waals surface area contributed by atoms with Gasteiger partial charge in [0.05, 0.1) is 16.5 Å². The number of pyridine rings is 2. The predicted octanol–water partition coefficient (Wildman–Crippen LogP) is 3.86. The molecule has 0 spiro atoms. The van der Waals surface area contributed by atoms with Gasteiger partial charge in [-0.3, -0.25) is 9.59 Å². The number of amides is 1. The highest BCUT2D eigenvalue weighted by Crippen LogP contribution is 2.35. The minimum atomic E-state index is -1.07. The summed E-state index contributed by atoms with van der Waals surface area (Å²) < 4.78 is 14.6. The molecule has 2 atom stereocenters. The normalized spacial score (nSPS) is 18.5. The summed E-state index contributed by atoms with van der Waals surface area (Å²) in [6, 6.07) is 7.14. The van der Waals surface area contributed by atoms with Gasteiger partial charge in [0.15, 0.2) is 0 Å². The Hall–Kier alpha value is -2.73. The van der Waals surface area contributed by atoms with E-state index < -0.39 is 12.1 Å². The number of aromatic nitrogens is 2. The van der Waals surface area contributed by atoms with Crippen molar-refractivity contribution in [2.24, 2.45) is 13.0 Å². The number of fused-ring (bicyclic) bond motifs is 1. The second-order valence-corrected chi connectivity index (χ2v) is 7.29. The maximum atomic E-state index is 13.1. The number of hydrogen-bond donors (Lipinski definition) is 1. The zero-order valence-corrected chi connectivity index (χ0v) is 15.5. The average molecular weight is 386 g/mol. The maximum absolute atomic E-state index is 13.1. The third kappa shape index (κ3) is 3.21. The van der Waals surface area contributed by atoms with Crippen LogP contribution in [0.4, 0.5) is 10.2 Å². The number of rotatable bonds is 3. The highest BCUT2D eigenvalue weighted by atomic mass is 35.5. The first-order valence-electron chi connectivity index (χ1n) is 8.56. The zero-order chi connectivity index (χ0) is 19.3. The minimum Gasteiger partial charge on any atom is -0.318 e. The summed E-state index contributed by atoms with van der Waals surface area (Å²) in [6.45, 7) is 1.87. The van der Waals surface area contributed by atoms with Gasteiger partial charge in [-0.05, 0) is 54.1 Å². The fourth-order valence-corrected chi connectivity index (χ4v) is 3.43. The molecule has 5 nitrogen and oxygen atoms in total. The predicted molar refractivity (Wildman–Crippen MR) is 104 cm³/mol. The third-order valence-electron chi connectivity index (χ3n) is 4.85. The summed E-state index contributed by atoms with van der Waals surface area (Å²) in [5.41, 5.74) is 2.00. The van der Waals surface area contributed by atoms with Gasteiger partial charge in [0.1, 0.15) is 12.0 Å². The maximum Gasteiger partial charge on any atom is 0.258 e. The summed E-state index contributed by atoms with van der Waals surface area (Å²) >= 11 is 6.41. The molecule has 1 amide bonds. The fourth-order valence-electron chi connectivity index (χ4n) is 3.15. The molecular weight excluding hydrogens is 369 g/mol. The molecule has 0 unspecified atom stereocenters. The highest BCUT2D eigenvalue weighted by molar-refractivity contribution is 6.36. The molecule has 0 bridgehead atoms. The minimum absolute atomic E-state index is 0.115. The van der Waals surface area contributed by atoms with Crippen LogP contribution in [0.25, 0.3) is 21.9 Å². The van der Waals surface area contributed by atoms with Crippen molar-refractivity contribution in [2.45, 2.75) is 19.5 Å².